The van der Waals surface area contributed by atoms with Crippen molar-refractivity contribution in [2.24, 2.45) is 4.99 Å². The van der Waals surface area contributed by atoms with E-state index >= 15 is 0 Å². The van der Waals surface area contributed by atoms with E-state index in [1.807, 2.05) is 0 Å². The van der Waals surface area contributed by atoms with Crippen molar-refractivity contribution in [2.75, 3.05) is 18.0 Å². The van der Waals surface area contributed by atoms with Crippen LogP contribution in [0.3, 0.4) is 0 Å². The molecular formula is C18H20N2. The first-order valence-corrected chi connectivity index (χ1v) is 7.29. The summed E-state index contributed by atoms with van der Waals surface area (Å²) in [4.78, 5) is 7.17. The molecule has 102 valence electrons. The molecule has 0 N–H and O–H groups in total. The van der Waals surface area contributed by atoms with Gasteiger partial charge in [0.05, 0.1) is 0 Å². The Hall–Kier alpha value is -2.09. The van der Waals surface area contributed by atoms with Gasteiger partial charge in [0.2, 0.25) is 0 Å². The van der Waals surface area contributed by atoms with Crippen molar-refractivity contribution >= 4 is 11.5 Å². The highest BCUT2D eigenvalue weighted by atomic mass is 15.2. The summed E-state index contributed by atoms with van der Waals surface area (Å²) in [5.41, 5.74) is 3.73. The van der Waals surface area contributed by atoms with Gasteiger partial charge in [-0.25, -0.2) is 0 Å². The number of rotatable bonds is 2. The predicted octanol–water partition coefficient (Wildman–Crippen LogP) is 4.04. The molecule has 0 bridgehead atoms. The fraction of sp³-hybridized carbons (Fsp3) is 0.278. The molecule has 0 saturated heterocycles. The lowest BCUT2D eigenvalue weighted by Gasteiger charge is -2.25. The highest BCUT2D eigenvalue weighted by Crippen LogP contribution is 2.21. The van der Waals surface area contributed by atoms with Crippen molar-refractivity contribution < 1.29 is 0 Å². The van der Waals surface area contributed by atoms with Crippen molar-refractivity contribution in [3.8, 4) is 0 Å². The fourth-order valence-corrected chi connectivity index (χ4v) is 2.57. The molecule has 0 amide bonds. The second-order valence-electron chi connectivity index (χ2n) is 5.27. The standard InChI is InChI=1S/C18H20N2/c1-15-9-11-17(12-10-15)20-14-6-5-13-19-18(20)16-7-3-2-4-8-16/h2-4,7-12H,5-6,13-14H2,1H3. The molecule has 1 aliphatic rings. The van der Waals surface area contributed by atoms with Crippen LogP contribution in [-0.2, 0) is 0 Å². The Bertz CT molecular complexity index is 585. The molecule has 0 aromatic heterocycles. The highest BCUT2D eigenvalue weighted by molar-refractivity contribution is 6.10. The molecule has 3 rings (SSSR count). The SMILES string of the molecule is Cc1ccc(N2CCCCN=C2c2ccccc2)cc1. The Morgan fingerprint density at radius 2 is 1.65 bits per heavy atom. The van der Waals surface area contributed by atoms with E-state index in [1.165, 1.54) is 29.7 Å². The molecule has 20 heavy (non-hydrogen) atoms. The van der Waals surface area contributed by atoms with Gasteiger partial charge in [-0.2, -0.15) is 0 Å². The topological polar surface area (TPSA) is 15.6 Å². The maximum atomic E-state index is 4.82. The maximum absolute atomic E-state index is 4.82. The Kier molecular flexibility index (Phi) is 3.82. The molecule has 0 spiro atoms. The predicted molar refractivity (Wildman–Crippen MR) is 85.6 cm³/mol. The summed E-state index contributed by atoms with van der Waals surface area (Å²) in [5.74, 6) is 1.10. The van der Waals surface area contributed by atoms with Crippen LogP contribution in [0.2, 0.25) is 0 Å². The minimum atomic E-state index is 0.923. The summed E-state index contributed by atoms with van der Waals surface area (Å²) < 4.78 is 0. The van der Waals surface area contributed by atoms with Crippen molar-refractivity contribution in [3.05, 3.63) is 65.7 Å². The van der Waals surface area contributed by atoms with E-state index in [1.54, 1.807) is 0 Å². The Labute approximate surface area is 120 Å². The molecule has 2 nitrogen and oxygen atoms in total. The van der Waals surface area contributed by atoms with E-state index in [2.05, 4.69) is 66.4 Å². The van der Waals surface area contributed by atoms with E-state index < -0.39 is 0 Å². The summed E-state index contributed by atoms with van der Waals surface area (Å²) >= 11 is 0. The third-order valence-electron chi connectivity index (χ3n) is 3.68. The van der Waals surface area contributed by atoms with Gasteiger partial charge in [-0.3, -0.25) is 4.99 Å². The lowest BCUT2D eigenvalue weighted by atomic mass is 10.1. The summed E-state index contributed by atoms with van der Waals surface area (Å²) in [5, 5.41) is 0. The van der Waals surface area contributed by atoms with Crippen molar-refractivity contribution in [2.45, 2.75) is 19.8 Å². The van der Waals surface area contributed by atoms with Gasteiger partial charge >= 0.3 is 0 Å². The van der Waals surface area contributed by atoms with Gasteiger partial charge in [-0.1, -0.05) is 48.0 Å². The molecule has 1 heterocycles. The smallest absolute Gasteiger partial charge is 0.135 e. The lowest BCUT2D eigenvalue weighted by Crippen LogP contribution is -2.31. The van der Waals surface area contributed by atoms with Crippen LogP contribution in [0, 0.1) is 6.92 Å². The molecule has 0 fully saturated rings. The van der Waals surface area contributed by atoms with Crippen LogP contribution in [0.5, 0.6) is 0 Å². The molecule has 2 aromatic rings. The van der Waals surface area contributed by atoms with Gasteiger partial charge in [0.15, 0.2) is 0 Å². The van der Waals surface area contributed by atoms with Crippen molar-refractivity contribution in [3.63, 3.8) is 0 Å². The molecule has 0 saturated carbocycles. The van der Waals surface area contributed by atoms with E-state index in [0.717, 1.165) is 18.9 Å². The number of aliphatic imine (C=N–C) groups is 1. The second kappa shape index (κ2) is 5.91. The minimum Gasteiger partial charge on any atom is -0.326 e. The molecule has 0 atom stereocenters. The molecule has 1 aliphatic heterocycles. The fourth-order valence-electron chi connectivity index (χ4n) is 2.57. The van der Waals surface area contributed by atoms with E-state index in [0.29, 0.717) is 0 Å². The number of aryl methyl sites for hydroxylation is 1. The number of nitrogens with zero attached hydrogens (tertiary/aromatic N) is 2. The van der Waals surface area contributed by atoms with E-state index in [4.69, 9.17) is 4.99 Å². The molecular weight excluding hydrogens is 244 g/mol. The van der Waals surface area contributed by atoms with E-state index in [-0.39, 0.29) is 0 Å². The van der Waals surface area contributed by atoms with Gasteiger partial charge in [-0.15, -0.1) is 0 Å². The third-order valence-corrected chi connectivity index (χ3v) is 3.68. The zero-order chi connectivity index (χ0) is 13.8. The van der Waals surface area contributed by atoms with Crippen LogP contribution in [0.1, 0.15) is 24.0 Å². The summed E-state index contributed by atoms with van der Waals surface area (Å²) in [6, 6.07) is 19.2. The molecule has 0 unspecified atom stereocenters. The zero-order valence-corrected chi connectivity index (χ0v) is 11.9. The van der Waals surface area contributed by atoms with Crippen molar-refractivity contribution in [1.29, 1.82) is 0 Å². The second-order valence-corrected chi connectivity index (χ2v) is 5.27. The number of benzene rings is 2. The van der Waals surface area contributed by atoms with Crippen LogP contribution in [0.4, 0.5) is 5.69 Å². The Morgan fingerprint density at radius 3 is 2.40 bits per heavy atom. The first-order chi connectivity index (χ1) is 9.84. The van der Waals surface area contributed by atoms with Gasteiger partial charge in [-0.05, 0) is 31.9 Å². The van der Waals surface area contributed by atoms with Gasteiger partial charge in [0.1, 0.15) is 5.84 Å². The van der Waals surface area contributed by atoms with Gasteiger partial charge < -0.3 is 4.90 Å². The normalized spacial score (nSPS) is 15.7. The Morgan fingerprint density at radius 1 is 0.900 bits per heavy atom. The lowest BCUT2D eigenvalue weighted by molar-refractivity contribution is 0.775. The van der Waals surface area contributed by atoms with Crippen molar-refractivity contribution in [1.82, 2.24) is 0 Å². The summed E-state index contributed by atoms with van der Waals surface area (Å²) in [7, 11) is 0. The van der Waals surface area contributed by atoms with Crippen LogP contribution in [0.15, 0.2) is 59.6 Å². The largest absolute Gasteiger partial charge is 0.326 e. The molecule has 0 aliphatic carbocycles. The van der Waals surface area contributed by atoms with Crippen LogP contribution < -0.4 is 4.90 Å². The zero-order valence-electron chi connectivity index (χ0n) is 11.9. The first-order valence-electron chi connectivity index (χ1n) is 7.29. The average Bonchev–Trinajstić information content (AvgIpc) is 2.75. The summed E-state index contributed by atoms with van der Waals surface area (Å²) in [6.07, 6.45) is 2.35. The van der Waals surface area contributed by atoms with Crippen LogP contribution in [-0.4, -0.2) is 18.9 Å². The monoisotopic (exact) mass is 264 g/mol. The third kappa shape index (κ3) is 2.74. The molecule has 0 radical (unpaired) electrons. The average molecular weight is 264 g/mol. The molecule has 2 aromatic carbocycles. The molecule has 2 heteroatoms. The van der Waals surface area contributed by atoms with Gasteiger partial charge in [0.25, 0.3) is 0 Å². The van der Waals surface area contributed by atoms with Crippen LogP contribution >= 0.6 is 0 Å². The highest BCUT2D eigenvalue weighted by Gasteiger charge is 2.17. The van der Waals surface area contributed by atoms with E-state index in [9.17, 15) is 0 Å². The first kappa shape index (κ1) is 12.9. The maximum Gasteiger partial charge on any atom is 0.135 e. The van der Waals surface area contributed by atoms with Crippen LogP contribution in [0.25, 0.3) is 0 Å². The summed E-state index contributed by atoms with van der Waals surface area (Å²) in [6.45, 7) is 4.09. The number of hydrogen-bond donors (Lipinski definition) is 0. The Balaban J connectivity index is 1.99. The minimum absolute atomic E-state index is 0.923. The number of hydrogen-bond acceptors (Lipinski definition) is 2. The quantitative estimate of drug-likeness (QED) is 0.799. The van der Waals surface area contributed by atoms with Gasteiger partial charge in [0, 0.05) is 24.3 Å². The number of amidine groups is 1. The number of anilines is 1.